The van der Waals surface area contributed by atoms with Gasteiger partial charge in [-0.3, -0.25) is 4.79 Å². The van der Waals surface area contributed by atoms with Gasteiger partial charge in [0, 0.05) is 18.6 Å². The Kier molecular flexibility index (Phi) is 5.77. The van der Waals surface area contributed by atoms with Gasteiger partial charge in [0.05, 0.1) is 13.0 Å². The summed E-state index contributed by atoms with van der Waals surface area (Å²) >= 11 is 0. The van der Waals surface area contributed by atoms with Crippen LogP contribution >= 0.6 is 0 Å². The first-order chi connectivity index (χ1) is 7.63. The van der Waals surface area contributed by atoms with E-state index in [1.165, 1.54) is 19.4 Å². The van der Waals surface area contributed by atoms with Crippen LogP contribution in [0.2, 0.25) is 0 Å². The molecule has 1 saturated heterocycles. The van der Waals surface area contributed by atoms with Gasteiger partial charge in [0.15, 0.2) is 0 Å². The molecule has 1 aliphatic rings. The Morgan fingerprint density at radius 2 is 2.38 bits per heavy atom. The van der Waals surface area contributed by atoms with Gasteiger partial charge in [-0.15, -0.1) is 0 Å². The Morgan fingerprint density at radius 1 is 1.62 bits per heavy atom. The molecule has 1 rings (SSSR count). The average Bonchev–Trinajstić information content (AvgIpc) is 2.61. The molecule has 0 spiro atoms. The molecule has 94 valence electrons. The molecular weight excluding hydrogens is 204 g/mol. The summed E-state index contributed by atoms with van der Waals surface area (Å²) in [6.07, 6.45) is 3.01. The van der Waals surface area contributed by atoms with E-state index in [1.54, 1.807) is 0 Å². The van der Waals surface area contributed by atoms with Crippen LogP contribution in [0.5, 0.6) is 0 Å². The van der Waals surface area contributed by atoms with E-state index >= 15 is 0 Å². The lowest BCUT2D eigenvalue weighted by molar-refractivity contribution is -0.143. The second kappa shape index (κ2) is 6.86. The number of carbonyl (C=O) groups is 1. The minimum Gasteiger partial charge on any atom is -0.466 e. The maximum Gasteiger partial charge on any atom is 0.307 e. The summed E-state index contributed by atoms with van der Waals surface area (Å²) in [4.78, 5) is 13.6. The van der Waals surface area contributed by atoms with Crippen LogP contribution in [-0.4, -0.2) is 49.7 Å². The van der Waals surface area contributed by atoms with Gasteiger partial charge < -0.3 is 15.0 Å². The third kappa shape index (κ3) is 4.49. The zero-order chi connectivity index (χ0) is 12.0. The summed E-state index contributed by atoms with van der Waals surface area (Å²) in [5, 5.41) is 3.40. The smallest absolute Gasteiger partial charge is 0.307 e. The van der Waals surface area contributed by atoms with E-state index in [1.807, 2.05) is 13.8 Å². The van der Waals surface area contributed by atoms with Crippen molar-refractivity contribution in [3.63, 3.8) is 0 Å². The Balaban J connectivity index is 2.14. The molecule has 4 nitrogen and oxygen atoms in total. The molecule has 1 aliphatic heterocycles. The molecule has 0 aromatic heterocycles. The van der Waals surface area contributed by atoms with E-state index in [0.717, 1.165) is 6.54 Å². The summed E-state index contributed by atoms with van der Waals surface area (Å²) in [6, 6.07) is 0.831. The van der Waals surface area contributed by atoms with E-state index in [4.69, 9.17) is 4.74 Å². The van der Waals surface area contributed by atoms with Crippen LogP contribution in [0.4, 0.5) is 0 Å². The van der Waals surface area contributed by atoms with Crippen LogP contribution in [-0.2, 0) is 9.53 Å². The zero-order valence-corrected chi connectivity index (χ0v) is 10.7. The second-order valence-electron chi connectivity index (χ2n) is 4.60. The van der Waals surface area contributed by atoms with Gasteiger partial charge in [-0.25, -0.2) is 0 Å². The Bertz CT molecular complexity index is 221. The lowest BCUT2D eigenvalue weighted by atomic mass is 10.2. The number of hydrogen-bond acceptors (Lipinski definition) is 4. The molecule has 1 fully saturated rings. The van der Waals surface area contributed by atoms with Crippen molar-refractivity contribution in [2.24, 2.45) is 0 Å². The monoisotopic (exact) mass is 228 g/mol. The largest absolute Gasteiger partial charge is 0.466 e. The molecule has 0 bridgehead atoms. The van der Waals surface area contributed by atoms with Crippen molar-refractivity contribution in [3.8, 4) is 0 Å². The topological polar surface area (TPSA) is 41.6 Å². The van der Waals surface area contributed by atoms with Crippen molar-refractivity contribution in [2.75, 3.05) is 26.7 Å². The van der Waals surface area contributed by atoms with Gasteiger partial charge in [-0.2, -0.15) is 0 Å². The predicted octanol–water partition coefficient (Wildman–Crippen LogP) is 1.01. The zero-order valence-electron chi connectivity index (χ0n) is 10.7. The van der Waals surface area contributed by atoms with Gasteiger partial charge in [-0.05, 0) is 40.3 Å². The first-order valence-electron chi connectivity index (χ1n) is 6.22. The first kappa shape index (κ1) is 13.5. The Morgan fingerprint density at radius 3 is 2.94 bits per heavy atom. The summed E-state index contributed by atoms with van der Waals surface area (Å²) in [5.74, 6) is -0.109. The summed E-state index contributed by atoms with van der Waals surface area (Å²) in [7, 11) is 2.16. The van der Waals surface area contributed by atoms with Crippen molar-refractivity contribution in [2.45, 2.75) is 45.2 Å². The molecule has 0 aromatic rings. The van der Waals surface area contributed by atoms with E-state index in [9.17, 15) is 4.79 Å². The van der Waals surface area contributed by atoms with Gasteiger partial charge in [0.25, 0.3) is 0 Å². The number of nitrogens with one attached hydrogen (secondary N) is 1. The van der Waals surface area contributed by atoms with Crippen molar-refractivity contribution >= 4 is 5.97 Å². The molecule has 1 heterocycles. The SMILES string of the molecule is CCOC(=O)CC(C)NCC1CCCN1C. The number of nitrogens with zero attached hydrogens (tertiary/aromatic N) is 1. The summed E-state index contributed by atoms with van der Waals surface area (Å²) < 4.78 is 4.92. The van der Waals surface area contributed by atoms with Crippen molar-refractivity contribution < 1.29 is 9.53 Å². The third-order valence-corrected chi connectivity index (χ3v) is 3.15. The normalized spacial score (nSPS) is 23.3. The summed E-state index contributed by atoms with van der Waals surface area (Å²) in [5.41, 5.74) is 0. The molecule has 0 aliphatic carbocycles. The fourth-order valence-electron chi connectivity index (χ4n) is 2.12. The number of carbonyl (C=O) groups excluding carboxylic acids is 1. The highest BCUT2D eigenvalue weighted by Crippen LogP contribution is 2.13. The van der Waals surface area contributed by atoms with Crippen molar-refractivity contribution in [3.05, 3.63) is 0 Å². The van der Waals surface area contributed by atoms with Gasteiger partial charge in [0.2, 0.25) is 0 Å². The lowest BCUT2D eigenvalue weighted by Gasteiger charge is -2.22. The average molecular weight is 228 g/mol. The van der Waals surface area contributed by atoms with Crippen LogP contribution in [0.25, 0.3) is 0 Å². The van der Waals surface area contributed by atoms with E-state index in [0.29, 0.717) is 19.1 Å². The lowest BCUT2D eigenvalue weighted by Crippen LogP contribution is -2.40. The summed E-state index contributed by atoms with van der Waals surface area (Å²) in [6.45, 7) is 6.50. The molecular formula is C12H24N2O2. The first-order valence-corrected chi connectivity index (χ1v) is 6.22. The van der Waals surface area contributed by atoms with Crippen molar-refractivity contribution in [1.82, 2.24) is 10.2 Å². The van der Waals surface area contributed by atoms with Gasteiger partial charge >= 0.3 is 5.97 Å². The number of likely N-dealkylation sites (N-methyl/N-ethyl adjacent to an activating group) is 1. The molecule has 2 atom stereocenters. The highest BCUT2D eigenvalue weighted by atomic mass is 16.5. The number of hydrogen-bond donors (Lipinski definition) is 1. The Hall–Kier alpha value is -0.610. The van der Waals surface area contributed by atoms with Crippen molar-refractivity contribution in [1.29, 1.82) is 0 Å². The quantitative estimate of drug-likeness (QED) is 0.689. The Labute approximate surface area is 98.3 Å². The van der Waals surface area contributed by atoms with Crippen LogP contribution in [0.1, 0.15) is 33.1 Å². The molecule has 0 saturated carbocycles. The van der Waals surface area contributed by atoms with Crippen LogP contribution in [0, 0.1) is 0 Å². The van der Waals surface area contributed by atoms with Crippen LogP contribution in [0.3, 0.4) is 0 Å². The van der Waals surface area contributed by atoms with Crippen LogP contribution < -0.4 is 5.32 Å². The maximum absolute atomic E-state index is 11.2. The minimum absolute atomic E-state index is 0.109. The van der Waals surface area contributed by atoms with E-state index in [2.05, 4.69) is 17.3 Å². The van der Waals surface area contributed by atoms with Gasteiger partial charge in [-0.1, -0.05) is 0 Å². The fourth-order valence-corrected chi connectivity index (χ4v) is 2.12. The highest BCUT2D eigenvalue weighted by Gasteiger charge is 2.21. The number of rotatable bonds is 6. The fraction of sp³-hybridized carbons (Fsp3) is 0.917. The van der Waals surface area contributed by atoms with Crippen LogP contribution in [0.15, 0.2) is 0 Å². The number of ether oxygens (including phenoxy) is 1. The molecule has 1 N–H and O–H groups in total. The minimum atomic E-state index is -0.109. The van der Waals surface area contributed by atoms with E-state index in [-0.39, 0.29) is 12.0 Å². The number of likely N-dealkylation sites (tertiary alicyclic amines) is 1. The standard InChI is InChI=1S/C12H24N2O2/c1-4-16-12(15)8-10(2)13-9-11-6-5-7-14(11)3/h10-11,13H,4-9H2,1-3H3. The number of esters is 1. The second-order valence-corrected chi connectivity index (χ2v) is 4.60. The molecule has 2 unspecified atom stereocenters. The molecule has 0 radical (unpaired) electrons. The molecule has 16 heavy (non-hydrogen) atoms. The highest BCUT2D eigenvalue weighted by molar-refractivity contribution is 5.69. The third-order valence-electron chi connectivity index (χ3n) is 3.15. The molecule has 0 amide bonds. The predicted molar refractivity (Wildman–Crippen MR) is 64.4 cm³/mol. The maximum atomic E-state index is 11.2. The molecule has 4 heteroatoms. The molecule has 0 aromatic carbocycles. The van der Waals surface area contributed by atoms with E-state index < -0.39 is 0 Å². The van der Waals surface area contributed by atoms with Gasteiger partial charge in [0.1, 0.15) is 0 Å².